The predicted molar refractivity (Wildman–Crippen MR) is 118 cm³/mol. The van der Waals surface area contributed by atoms with Gasteiger partial charge in [0.15, 0.2) is 5.82 Å². The van der Waals surface area contributed by atoms with Gasteiger partial charge in [0.1, 0.15) is 0 Å². The van der Waals surface area contributed by atoms with Gasteiger partial charge in [-0.15, -0.1) is 10.2 Å². The van der Waals surface area contributed by atoms with Gasteiger partial charge in [-0.25, -0.2) is 9.59 Å². The molecule has 8 nitrogen and oxygen atoms in total. The molecule has 164 valence electrons. The van der Waals surface area contributed by atoms with Crippen molar-refractivity contribution >= 4 is 17.8 Å². The molecule has 8 heteroatoms. The fourth-order valence-corrected chi connectivity index (χ4v) is 4.08. The molecule has 31 heavy (non-hydrogen) atoms. The van der Waals surface area contributed by atoms with Crippen LogP contribution in [0.25, 0.3) is 11.3 Å². The number of hydrogen-bond donors (Lipinski definition) is 2. The Bertz CT molecular complexity index is 870. The molecule has 2 atom stereocenters. The van der Waals surface area contributed by atoms with E-state index in [1.807, 2.05) is 18.2 Å². The highest BCUT2D eigenvalue weighted by Crippen LogP contribution is 2.28. The number of carbonyl (C=O) groups is 2. The first-order chi connectivity index (χ1) is 14.9. The zero-order valence-electron chi connectivity index (χ0n) is 17.6. The largest absolute Gasteiger partial charge is 0.478 e. The van der Waals surface area contributed by atoms with Crippen molar-refractivity contribution in [2.75, 3.05) is 25.0 Å². The van der Waals surface area contributed by atoms with E-state index in [0.29, 0.717) is 24.2 Å². The molecule has 4 rings (SSSR count). The molecule has 1 aromatic heterocycles. The molecule has 0 amide bonds. The van der Waals surface area contributed by atoms with Crippen LogP contribution in [0, 0.1) is 0 Å². The number of hydrogen-bond acceptors (Lipinski definition) is 6. The van der Waals surface area contributed by atoms with Gasteiger partial charge in [0.2, 0.25) is 0 Å². The summed E-state index contributed by atoms with van der Waals surface area (Å²) < 4.78 is 0. The van der Waals surface area contributed by atoms with E-state index in [9.17, 15) is 9.59 Å². The van der Waals surface area contributed by atoms with Crippen LogP contribution in [0.15, 0.2) is 54.6 Å². The van der Waals surface area contributed by atoms with E-state index in [-0.39, 0.29) is 0 Å². The molecule has 2 aliphatic rings. The Labute approximate surface area is 181 Å². The number of carboxylic acid groups (broad SMARTS) is 2. The van der Waals surface area contributed by atoms with Gasteiger partial charge in [0.25, 0.3) is 0 Å². The van der Waals surface area contributed by atoms with Crippen molar-refractivity contribution in [1.29, 1.82) is 0 Å². The maximum absolute atomic E-state index is 9.55. The standard InChI is InChI=1S/C19H24N4.C4H4O4/c1-22-16-9-5-6-10-17(22)14-23(13-16)19-12-11-18(20-21-19)15-7-3-2-4-8-15;5-3(6)1-2-4(7)8/h2-4,7-8,11-12,16-17H,5-6,9-10,13-14H2,1H3;1-2H,(H,5,6)(H,7,8)/b;2-1+. The Hall–Kier alpha value is -3.26. The summed E-state index contributed by atoms with van der Waals surface area (Å²) in [5.74, 6) is -1.49. The van der Waals surface area contributed by atoms with Gasteiger partial charge < -0.3 is 15.1 Å². The van der Waals surface area contributed by atoms with Gasteiger partial charge in [0.05, 0.1) is 5.69 Å². The summed E-state index contributed by atoms with van der Waals surface area (Å²) in [4.78, 5) is 24.1. The fraction of sp³-hybridized carbons (Fsp3) is 0.391. The molecule has 2 aromatic rings. The number of aromatic nitrogens is 2. The van der Waals surface area contributed by atoms with Crippen molar-refractivity contribution in [3.63, 3.8) is 0 Å². The Morgan fingerprint density at radius 3 is 1.97 bits per heavy atom. The third-order valence-corrected chi connectivity index (χ3v) is 5.75. The summed E-state index contributed by atoms with van der Waals surface area (Å²) in [5, 5.41) is 24.6. The van der Waals surface area contributed by atoms with E-state index >= 15 is 0 Å². The highest BCUT2D eigenvalue weighted by molar-refractivity contribution is 5.89. The van der Waals surface area contributed by atoms with Crippen LogP contribution < -0.4 is 4.90 Å². The Kier molecular flexibility index (Phi) is 7.72. The summed E-state index contributed by atoms with van der Waals surface area (Å²) in [6, 6.07) is 15.8. The number of carboxylic acids is 2. The topological polar surface area (TPSA) is 107 Å². The molecule has 1 aromatic carbocycles. The second kappa shape index (κ2) is 10.7. The zero-order chi connectivity index (χ0) is 22.2. The number of rotatable bonds is 4. The van der Waals surface area contributed by atoms with Crippen LogP contribution in [-0.4, -0.2) is 69.5 Å². The van der Waals surface area contributed by atoms with E-state index in [4.69, 9.17) is 10.2 Å². The first kappa shape index (κ1) is 22.4. The Morgan fingerprint density at radius 1 is 0.903 bits per heavy atom. The van der Waals surface area contributed by atoms with Crippen LogP contribution in [0.5, 0.6) is 0 Å². The molecule has 2 fully saturated rings. The Morgan fingerprint density at radius 2 is 1.48 bits per heavy atom. The quantitative estimate of drug-likeness (QED) is 0.722. The zero-order valence-corrected chi connectivity index (χ0v) is 17.6. The second-order valence-electron chi connectivity index (χ2n) is 7.82. The van der Waals surface area contributed by atoms with Gasteiger partial charge in [-0.3, -0.25) is 4.90 Å². The molecular weight excluding hydrogens is 396 g/mol. The van der Waals surface area contributed by atoms with Gasteiger partial charge in [-0.2, -0.15) is 0 Å². The highest BCUT2D eigenvalue weighted by atomic mass is 16.4. The van der Waals surface area contributed by atoms with Crippen molar-refractivity contribution in [3.05, 3.63) is 54.6 Å². The molecule has 2 aliphatic heterocycles. The van der Waals surface area contributed by atoms with E-state index in [0.717, 1.165) is 30.2 Å². The number of aliphatic carboxylic acids is 2. The lowest BCUT2D eigenvalue weighted by Crippen LogP contribution is -2.56. The van der Waals surface area contributed by atoms with E-state index in [2.05, 4.69) is 51.3 Å². The third-order valence-electron chi connectivity index (χ3n) is 5.75. The van der Waals surface area contributed by atoms with Crippen LogP contribution in [0.2, 0.25) is 0 Å². The van der Waals surface area contributed by atoms with E-state index in [1.54, 1.807) is 0 Å². The summed E-state index contributed by atoms with van der Waals surface area (Å²) in [6.45, 7) is 2.15. The van der Waals surface area contributed by atoms with Crippen molar-refractivity contribution in [2.45, 2.75) is 37.8 Å². The number of piperazine rings is 1. The van der Waals surface area contributed by atoms with Crippen molar-refractivity contribution < 1.29 is 19.8 Å². The molecule has 0 aliphatic carbocycles. The van der Waals surface area contributed by atoms with Crippen molar-refractivity contribution in [3.8, 4) is 11.3 Å². The normalized spacial score (nSPS) is 21.1. The lowest BCUT2D eigenvalue weighted by molar-refractivity contribution is -0.134. The molecule has 2 bridgehead atoms. The molecular formula is C23H28N4O4. The van der Waals surface area contributed by atoms with Gasteiger partial charge >= 0.3 is 11.9 Å². The minimum Gasteiger partial charge on any atom is -0.478 e. The molecule has 0 saturated carbocycles. The molecule has 0 spiro atoms. The molecule has 0 radical (unpaired) electrons. The number of benzene rings is 1. The highest BCUT2D eigenvalue weighted by Gasteiger charge is 2.33. The fourth-order valence-electron chi connectivity index (χ4n) is 4.08. The number of nitrogens with zero attached hydrogens (tertiary/aromatic N) is 4. The SMILES string of the molecule is CN1C2CCCCC1CN(c1ccc(-c3ccccc3)nn1)C2.O=C(O)/C=C/C(=O)O. The molecule has 2 unspecified atom stereocenters. The van der Waals surface area contributed by atoms with Crippen molar-refractivity contribution in [1.82, 2.24) is 15.1 Å². The smallest absolute Gasteiger partial charge is 0.328 e. The first-order valence-corrected chi connectivity index (χ1v) is 10.4. The third kappa shape index (κ3) is 6.36. The first-order valence-electron chi connectivity index (χ1n) is 10.4. The minimum absolute atomic E-state index is 0.558. The average molecular weight is 425 g/mol. The maximum atomic E-state index is 9.55. The Balaban J connectivity index is 0.000000293. The van der Waals surface area contributed by atoms with Crippen LogP contribution in [0.1, 0.15) is 25.7 Å². The summed E-state index contributed by atoms with van der Waals surface area (Å²) in [7, 11) is 2.29. The lowest BCUT2D eigenvalue weighted by atomic mass is 10.1. The maximum Gasteiger partial charge on any atom is 0.328 e. The van der Waals surface area contributed by atoms with Crippen molar-refractivity contribution in [2.24, 2.45) is 0 Å². The van der Waals surface area contributed by atoms with Gasteiger partial charge in [0, 0.05) is 42.9 Å². The number of likely N-dealkylation sites (N-methyl/N-ethyl adjacent to an activating group) is 1. The summed E-state index contributed by atoms with van der Waals surface area (Å²) in [5.41, 5.74) is 2.07. The van der Waals surface area contributed by atoms with E-state index in [1.165, 1.54) is 25.7 Å². The average Bonchev–Trinajstić information content (AvgIpc) is 2.87. The summed E-state index contributed by atoms with van der Waals surface area (Å²) in [6.07, 6.45) is 6.44. The van der Waals surface area contributed by atoms with Crippen LogP contribution in [0.4, 0.5) is 5.82 Å². The lowest BCUT2D eigenvalue weighted by Gasteiger charge is -2.44. The minimum atomic E-state index is -1.26. The second-order valence-corrected chi connectivity index (χ2v) is 7.82. The number of anilines is 1. The monoisotopic (exact) mass is 424 g/mol. The molecule has 2 N–H and O–H groups in total. The molecule has 3 heterocycles. The predicted octanol–water partition coefficient (Wildman–Crippen LogP) is 2.92. The van der Waals surface area contributed by atoms with Crippen LogP contribution in [-0.2, 0) is 9.59 Å². The van der Waals surface area contributed by atoms with Crippen LogP contribution >= 0.6 is 0 Å². The van der Waals surface area contributed by atoms with E-state index < -0.39 is 11.9 Å². The summed E-state index contributed by atoms with van der Waals surface area (Å²) >= 11 is 0. The van der Waals surface area contributed by atoms with Crippen LogP contribution in [0.3, 0.4) is 0 Å². The van der Waals surface area contributed by atoms with Gasteiger partial charge in [-0.1, -0.05) is 43.2 Å². The van der Waals surface area contributed by atoms with Gasteiger partial charge in [-0.05, 0) is 32.0 Å². The molecule has 2 saturated heterocycles. The number of fused-ring (bicyclic) bond motifs is 2.